The number of rotatable bonds is 8. The van der Waals surface area contributed by atoms with Crippen molar-refractivity contribution in [1.82, 2.24) is 0 Å². The van der Waals surface area contributed by atoms with E-state index < -0.39 is 11.7 Å². The van der Waals surface area contributed by atoms with E-state index in [1.54, 1.807) is 6.21 Å². The van der Waals surface area contributed by atoms with Gasteiger partial charge in [-0.2, -0.15) is 18.3 Å². The topological polar surface area (TPSA) is 33.6 Å². The summed E-state index contributed by atoms with van der Waals surface area (Å²) in [6.45, 7) is 0.637. The lowest BCUT2D eigenvalue weighted by Crippen LogP contribution is -2.04. The first-order valence-corrected chi connectivity index (χ1v) is 9.24. The maximum Gasteiger partial charge on any atom is 0.416 e. The van der Waals surface area contributed by atoms with Crippen molar-refractivity contribution in [2.75, 3.05) is 12.0 Å². The van der Waals surface area contributed by atoms with E-state index in [2.05, 4.69) is 22.7 Å². The van der Waals surface area contributed by atoms with Crippen molar-refractivity contribution in [3.63, 3.8) is 0 Å². The zero-order chi connectivity index (χ0) is 20.5. The van der Waals surface area contributed by atoms with Gasteiger partial charge in [-0.1, -0.05) is 30.3 Å². The van der Waals surface area contributed by atoms with Gasteiger partial charge in [-0.15, -0.1) is 0 Å². The third-order valence-corrected chi connectivity index (χ3v) is 4.22. The molecule has 1 N–H and O–H groups in total. The van der Waals surface area contributed by atoms with Gasteiger partial charge in [-0.3, -0.25) is 5.43 Å². The molecule has 3 aromatic carbocycles. The van der Waals surface area contributed by atoms with Crippen LogP contribution < -0.4 is 10.2 Å². The van der Waals surface area contributed by atoms with Gasteiger partial charge < -0.3 is 4.74 Å². The average molecular weight is 398 g/mol. The molecule has 0 aromatic heterocycles. The number of halogens is 3. The first-order valence-electron chi connectivity index (χ1n) is 9.24. The van der Waals surface area contributed by atoms with Gasteiger partial charge in [0.05, 0.1) is 24.1 Å². The van der Waals surface area contributed by atoms with Crippen LogP contribution in [0, 0.1) is 0 Å². The maximum atomic E-state index is 12.5. The molecule has 0 saturated heterocycles. The van der Waals surface area contributed by atoms with Crippen molar-refractivity contribution in [3.8, 4) is 5.75 Å². The van der Waals surface area contributed by atoms with Gasteiger partial charge in [0, 0.05) is 0 Å². The molecule has 3 aromatic rings. The third-order valence-electron chi connectivity index (χ3n) is 4.22. The first kappa shape index (κ1) is 20.5. The molecule has 3 nitrogen and oxygen atoms in total. The van der Waals surface area contributed by atoms with Crippen LogP contribution in [0.15, 0.2) is 84.0 Å². The highest BCUT2D eigenvalue weighted by atomic mass is 19.4. The van der Waals surface area contributed by atoms with E-state index in [1.807, 2.05) is 42.5 Å². The van der Waals surface area contributed by atoms with Gasteiger partial charge in [0.1, 0.15) is 5.75 Å². The molecule has 29 heavy (non-hydrogen) atoms. The number of anilines is 1. The first-order chi connectivity index (χ1) is 14.0. The summed E-state index contributed by atoms with van der Waals surface area (Å²) in [5, 5.41) is 4.05. The van der Waals surface area contributed by atoms with E-state index in [1.165, 1.54) is 17.7 Å². The molecule has 0 spiro atoms. The Balaban J connectivity index is 1.42. The highest BCUT2D eigenvalue weighted by Gasteiger charge is 2.29. The SMILES string of the molecule is FC(F)(F)c1ccc(NN=Cc2ccc(OCCCc3ccccc3)cc2)cc1. The lowest BCUT2D eigenvalue weighted by Gasteiger charge is -2.07. The number of benzene rings is 3. The normalized spacial score (nSPS) is 11.6. The summed E-state index contributed by atoms with van der Waals surface area (Å²) in [5.74, 6) is 0.783. The predicted octanol–water partition coefficient (Wildman–Crippen LogP) is 6.16. The summed E-state index contributed by atoms with van der Waals surface area (Å²) >= 11 is 0. The van der Waals surface area contributed by atoms with Crippen LogP contribution in [0.2, 0.25) is 0 Å². The fraction of sp³-hybridized carbons (Fsp3) is 0.174. The Morgan fingerprint density at radius 2 is 1.55 bits per heavy atom. The van der Waals surface area contributed by atoms with Crippen LogP contribution >= 0.6 is 0 Å². The summed E-state index contributed by atoms with van der Waals surface area (Å²) in [5.41, 5.74) is 4.65. The number of hydrogen-bond donors (Lipinski definition) is 1. The van der Waals surface area contributed by atoms with Crippen LogP contribution in [0.1, 0.15) is 23.1 Å². The molecule has 0 heterocycles. The van der Waals surface area contributed by atoms with Crippen molar-refractivity contribution in [2.45, 2.75) is 19.0 Å². The molecule has 0 aliphatic heterocycles. The lowest BCUT2D eigenvalue weighted by molar-refractivity contribution is -0.137. The molecule has 0 unspecified atom stereocenters. The fourth-order valence-corrected chi connectivity index (χ4v) is 2.68. The number of alkyl halides is 3. The van der Waals surface area contributed by atoms with E-state index in [4.69, 9.17) is 4.74 Å². The van der Waals surface area contributed by atoms with Crippen LogP contribution in [-0.4, -0.2) is 12.8 Å². The molecule has 150 valence electrons. The number of hydrogen-bond acceptors (Lipinski definition) is 3. The largest absolute Gasteiger partial charge is 0.494 e. The Bertz CT molecular complexity index is 906. The van der Waals surface area contributed by atoms with Crippen LogP contribution in [0.5, 0.6) is 5.75 Å². The highest BCUT2D eigenvalue weighted by Crippen LogP contribution is 2.29. The minimum atomic E-state index is -4.34. The smallest absolute Gasteiger partial charge is 0.416 e. The second-order valence-corrected chi connectivity index (χ2v) is 6.45. The van der Waals surface area contributed by atoms with Crippen molar-refractivity contribution in [2.24, 2.45) is 5.10 Å². The predicted molar refractivity (Wildman–Crippen MR) is 109 cm³/mol. The standard InChI is InChI=1S/C23H21F3N2O/c24-23(25,26)20-10-12-21(13-11-20)28-27-17-19-8-14-22(15-9-19)29-16-4-7-18-5-2-1-3-6-18/h1-3,5-6,8-15,17,28H,4,7,16H2. The minimum absolute atomic E-state index is 0.479. The fourth-order valence-electron chi connectivity index (χ4n) is 2.68. The molecular weight excluding hydrogens is 377 g/mol. The average Bonchev–Trinajstić information content (AvgIpc) is 2.73. The van der Waals surface area contributed by atoms with Crippen LogP contribution in [0.4, 0.5) is 18.9 Å². The Morgan fingerprint density at radius 1 is 0.862 bits per heavy atom. The lowest BCUT2D eigenvalue weighted by atomic mass is 10.1. The minimum Gasteiger partial charge on any atom is -0.494 e. The van der Waals surface area contributed by atoms with E-state index >= 15 is 0 Å². The van der Waals surface area contributed by atoms with Gasteiger partial charge in [0.2, 0.25) is 0 Å². The Hall–Kier alpha value is -3.28. The molecule has 0 radical (unpaired) electrons. The Morgan fingerprint density at radius 3 is 2.21 bits per heavy atom. The number of aryl methyl sites for hydroxylation is 1. The van der Waals surface area contributed by atoms with Gasteiger partial charge >= 0.3 is 6.18 Å². The summed E-state index contributed by atoms with van der Waals surface area (Å²) < 4.78 is 43.4. The van der Waals surface area contributed by atoms with Gasteiger partial charge in [-0.05, 0) is 72.5 Å². The van der Waals surface area contributed by atoms with Crippen molar-refractivity contribution >= 4 is 11.9 Å². The quantitative estimate of drug-likeness (QED) is 0.280. The van der Waals surface area contributed by atoms with Gasteiger partial charge in [0.25, 0.3) is 0 Å². The molecule has 0 fully saturated rings. The molecule has 0 bridgehead atoms. The zero-order valence-corrected chi connectivity index (χ0v) is 15.7. The molecule has 3 rings (SSSR count). The number of ether oxygens (including phenoxy) is 1. The summed E-state index contributed by atoms with van der Waals surface area (Å²) in [7, 11) is 0. The molecule has 0 aliphatic rings. The number of hydrazone groups is 1. The molecule has 0 aliphatic carbocycles. The summed E-state index contributed by atoms with van der Waals surface area (Å²) in [6.07, 6.45) is -0.838. The van der Waals surface area contributed by atoms with Gasteiger partial charge in [-0.25, -0.2) is 0 Å². The van der Waals surface area contributed by atoms with E-state index in [-0.39, 0.29) is 0 Å². The van der Waals surface area contributed by atoms with Crippen molar-refractivity contribution in [3.05, 3.63) is 95.6 Å². The summed E-state index contributed by atoms with van der Waals surface area (Å²) in [6, 6.07) is 22.4. The molecule has 0 atom stereocenters. The second-order valence-electron chi connectivity index (χ2n) is 6.45. The number of nitrogens with one attached hydrogen (secondary N) is 1. The molecular formula is C23H21F3N2O. The number of nitrogens with zero attached hydrogens (tertiary/aromatic N) is 1. The van der Waals surface area contributed by atoms with Crippen molar-refractivity contribution < 1.29 is 17.9 Å². The van der Waals surface area contributed by atoms with Crippen molar-refractivity contribution in [1.29, 1.82) is 0 Å². The second kappa shape index (κ2) is 9.78. The van der Waals surface area contributed by atoms with E-state index in [9.17, 15) is 13.2 Å². The zero-order valence-electron chi connectivity index (χ0n) is 15.7. The monoisotopic (exact) mass is 398 g/mol. The van der Waals surface area contributed by atoms with Crippen LogP contribution in [-0.2, 0) is 12.6 Å². The van der Waals surface area contributed by atoms with E-state index in [0.717, 1.165) is 36.3 Å². The third kappa shape index (κ3) is 6.68. The van der Waals surface area contributed by atoms with Crippen LogP contribution in [0.3, 0.4) is 0 Å². The molecule has 0 saturated carbocycles. The highest BCUT2D eigenvalue weighted by molar-refractivity contribution is 5.80. The van der Waals surface area contributed by atoms with Gasteiger partial charge in [0.15, 0.2) is 0 Å². The Kier molecular flexibility index (Phi) is 6.89. The molecule has 0 amide bonds. The Labute approximate surface area is 167 Å². The van der Waals surface area contributed by atoms with Crippen LogP contribution in [0.25, 0.3) is 0 Å². The molecule has 6 heteroatoms. The maximum absolute atomic E-state index is 12.5. The summed E-state index contributed by atoms with van der Waals surface area (Å²) in [4.78, 5) is 0. The van der Waals surface area contributed by atoms with E-state index in [0.29, 0.717) is 12.3 Å².